The molecule has 0 aromatic heterocycles. The fourth-order valence-electron chi connectivity index (χ4n) is 3.07. The van der Waals surface area contributed by atoms with Crippen LogP contribution in [0.3, 0.4) is 0 Å². The van der Waals surface area contributed by atoms with Crippen molar-refractivity contribution in [1.82, 2.24) is 5.32 Å². The average Bonchev–Trinajstić information content (AvgIpc) is 2.84. The summed E-state index contributed by atoms with van der Waals surface area (Å²) in [4.78, 5) is 0. The van der Waals surface area contributed by atoms with Gasteiger partial charge in [-0.25, -0.2) is 0 Å². The quantitative estimate of drug-likeness (QED) is 0.736. The maximum Gasteiger partial charge on any atom is 0.0346 e. The van der Waals surface area contributed by atoms with E-state index in [0.717, 1.165) is 5.92 Å². The number of fused-ring (bicyclic) bond motifs is 1. The summed E-state index contributed by atoms with van der Waals surface area (Å²) in [6, 6.07) is 7.74. The summed E-state index contributed by atoms with van der Waals surface area (Å²) in [5, 5.41) is 3.61. The molecule has 1 heterocycles. The minimum absolute atomic E-state index is 0.607. The van der Waals surface area contributed by atoms with Crippen LogP contribution in [0.5, 0.6) is 0 Å². The predicted octanol–water partition coefficient (Wildman–Crippen LogP) is 2.85. The molecule has 3 rings (SSSR count). The van der Waals surface area contributed by atoms with Crippen LogP contribution in [0.25, 0.3) is 0 Å². The lowest BCUT2D eigenvalue weighted by atomic mass is 9.94. The molecule has 1 nitrogen and oxygen atoms in total. The van der Waals surface area contributed by atoms with Gasteiger partial charge in [0.2, 0.25) is 0 Å². The van der Waals surface area contributed by atoms with Gasteiger partial charge in [-0.2, -0.15) is 0 Å². The fourth-order valence-corrected chi connectivity index (χ4v) is 3.07. The highest BCUT2D eigenvalue weighted by Crippen LogP contribution is 2.32. The van der Waals surface area contributed by atoms with Gasteiger partial charge in [0.05, 0.1) is 0 Å². The van der Waals surface area contributed by atoms with Gasteiger partial charge in [-0.05, 0) is 54.8 Å². The van der Waals surface area contributed by atoms with E-state index < -0.39 is 0 Å². The summed E-state index contributed by atoms with van der Waals surface area (Å²) in [7, 11) is 0. The fraction of sp³-hybridized carbons (Fsp3) is 0.571. The van der Waals surface area contributed by atoms with Gasteiger partial charge in [0, 0.05) is 6.04 Å². The first-order valence-corrected chi connectivity index (χ1v) is 6.19. The van der Waals surface area contributed by atoms with Gasteiger partial charge in [-0.15, -0.1) is 0 Å². The second kappa shape index (κ2) is 3.64. The molecule has 1 saturated heterocycles. The van der Waals surface area contributed by atoms with Crippen molar-refractivity contribution in [3.05, 3.63) is 34.9 Å². The van der Waals surface area contributed by atoms with E-state index in [9.17, 15) is 0 Å². The second-order valence-corrected chi connectivity index (χ2v) is 5.08. The summed E-state index contributed by atoms with van der Waals surface area (Å²) in [6.07, 6.45) is 5.27. The first-order chi connectivity index (χ1) is 7.34. The molecule has 0 amide bonds. The van der Waals surface area contributed by atoms with E-state index in [2.05, 4.69) is 30.4 Å². The Hall–Kier alpha value is -0.820. The summed E-state index contributed by atoms with van der Waals surface area (Å²) in [5.41, 5.74) is 4.71. The van der Waals surface area contributed by atoms with Gasteiger partial charge in [0.25, 0.3) is 0 Å². The van der Waals surface area contributed by atoms with Gasteiger partial charge in [0.15, 0.2) is 0 Å². The van der Waals surface area contributed by atoms with Crippen LogP contribution in [0.2, 0.25) is 0 Å². The Labute approximate surface area is 91.9 Å². The highest BCUT2D eigenvalue weighted by molar-refractivity contribution is 5.37. The molecule has 2 atom stereocenters. The smallest absolute Gasteiger partial charge is 0.0346 e. The summed E-state index contributed by atoms with van der Waals surface area (Å²) < 4.78 is 0. The normalized spacial score (nSPS) is 29.4. The van der Waals surface area contributed by atoms with Crippen molar-refractivity contribution >= 4 is 0 Å². The van der Waals surface area contributed by atoms with Crippen LogP contribution in [-0.4, -0.2) is 6.54 Å². The highest BCUT2D eigenvalue weighted by atomic mass is 14.9. The van der Waals surface area contributed by atoms with E-state index in [0.29, 0.717) is 6.04 Å². The topological polar surface area (TPSA) is 12.0 Å². The van der Waals surface area contributed by atoms with Gasteiger partial charge in [0.1, 0.15) is 0 Å². The summed E-state index contributed by atoms with van der Waals surface area (Å²) in [6.45, 7) is 3.54. The Morgan fingerprint density at radius 3 is 2.87 bits per heavy atom. The van der Waals surface area contributed by atoms with E-state index in [1.807, 2.05) is 0 Å². The molecule has 15 heavy (non-hydrogen) atoms. The van der Waals surface area contributed by atoms with Gasteiger partial charge in [-0.3, -0.25) is 0 Å². The number of rotatable bonds is 1. The Bertz CT molecular complexity index is 370. The zero-order valence-electron chi connectivity index (χ0n) is 9.42. The van der Waals surface area contributed by atoms with Crippen LogP contribution in [0, 0.1) is 5.92 Å². The van der Waals surface area contributed by atoms with Crippen molar-refractivity contribution in [1.29, 1.82) is 0 Å². The Kier molecular flexibility index (Phi) is 2.28. The molecule has 0 radical (unpaired) electrons. The van der Waals surface area contributed by atoms with Gasteiger partial charge < -0.3 is 5.32 Å². The lowest BCUT2D eigenvalue weighted by Gasteiger charge is -2.17. The second-order valence-electron chi connectivity index (χ2n) is 5.08. The number of aryl methyl sites for hydroxylation is 2. The molecule has 80 valence electrons. The third-order valence-corrected chi connectivity index (χ3v) is 4.01. The third kappa shape index (κ3) is 1.59. The van der Waals surface area contributed by atoms with Crippen molar-refractivity contribution < 1.29 is 0 Å². The Balaban J connectivity index is 1.92. The number of hydrogen-bond acceptors (Lipinski definition) is 1. The zero-order chi connectivity index (χ0) is 10.3. The Morgan fingerprint density at radius 1 is 1.20 bits per heavy atom. The lowest BCUT2D eigenvalue weighted by molar-refractivity contribution is 0.503. The molecule has 0 saturated carbocycles. The molecule has 0 bridgehead atoms. The molecule has 1 aliphatic carbocycles. The van der Waals surface area contributed by atoms with Crippen LogP contribution < -0.4 is 5.32 Å². The maximum absolute atomic E-state index is 3.61. The molecule has 0 spiro atoms. The number of benzene rings is 1. The van der Waals surface area contributed by atoms with Gasteiger partial charge >= 0.3 is 0 Å². The van der Waals surface area contributed by atoms with E-state index in [1.54, 1.807) is 11.1 Å². The molecular weight excluding hydrogens is 182 g/mol. The summed E-state index contributed by atoms with van der Waals surface area (Å²) in [5.74, 6) is 0.796. The minimum Gasteiger partial charge on any atom is -0.310 e. The molecule has 2 aliphatic rings. The third-order valence-electron chi connectivity index (χ3n) is 4.01. The zero-order valence-corrected chi connectivity index (χ0v) is 9.42. The molecule has 1 fully saturated rings. The van der Waals surface area contributed by atoms with Crippen molar-refractivity contribution in [3.8, 4) is 0 Å². The predicted molar refractivity (Wildman–Crippen MR) is 63.0 cm³/mol. The van der Waals surface area contributed by atoms with Crippen LogP contribution in [-0.2, 0) is 12.8 Å². The van der Waals surface area contributed by atoms with E-state index >= 15 is 0 Å². The molecule has 0 unspecified atom stereocenters. The molecule has 1 aliphatic heterocycles. The maximum atomic E-state index is 3.61. The molecular formula is C14H19N. The average molecular weight is 201 g/mol. The molecule has 1 aromatic rings. The van der Waals surface area contributed by atoms with Gasteiger partial charge in [-0.1, -0.05) is 25.1 Å². The monoisotopic (exact) mass is 201 g/mol. The van der Waals surface area contributed by atoms with Crippen LogP contribution in [0.1, 0.15) is 42.5 Å². The van der Waals surface area contributed by atoms with Crippen molar-refractivity contribution in [2.75, 3.05) is 6.54 Å². The highest BCUT2D eigenvalue weighted by Gasteiger charge is 2.25. The largest absolute Gasteiger partial charge is 0.310 e. The Morgan fingerprint density at radius 2 is 2.07 bits per heavy atom. The van der Waals surface area contributed by atoms with Crippen molar-refractivity contribution in [2.24, 2.45) is 5.92 Å². The minimum atomic E-state index is 0.607. The molecule has 1 heteroatoms. The lowest BCUT2D eigenvalue weighted by Crippen LogP contribution is -2.16. The van der Waals surface area contributed by atoms with Crippen molar-refractivity contribution in [3.63, 3.8) is 0 Å². The van der Waals surface area contributed by atoms with E-state index in [-0.39, 0.29) is 0 Å². The molecule has 1 N–H and O–H groups in total. The first-order valence-electron chi connectivity index (χ1n) is 6.19. The molecule has 1 aromatic carbocycles. The van der Waals surface area contributed by atoms with Crippen LogP contribution >= 0.6 is 0 Å². The van der Waals surface area contributed by atoms with Crippen LogP contribution in [0.4, 0.5) is 0 Å². The number of hydrogen-bond donors (Lipinski definition) is 1. The standard InChI is InChI=1S/C14H19N/c1-10-7-8-15-14(10)13-6-5-11-3-2-4-12(11)9-13/h5-6,9-10,14-15H,2-4,7-8H2,1H3/t10-,14-/m0/s1. The van der Waals surface area contributed by atoms with Crippen LogP contribution in [0.15, 0.2) is 18.2 Å². The van der Waals surface area contributed by atoms with E-state index in [4.69, 9.17) is 0 Å². The first kappa shape index (κ1) is 9.41. The van der Waals surface area contributed by atoms with Crippen molar-refractivity contribution in [2.45, 2.75) is 38.6 Å². The SMILES string of the molecule is C[C@H]1CCN[C@@H]1c1ccc2c(c1)CCC2. The number of nitrogens with one attached hydrogen (secondary N) is 1. The van der Waals surface area contributed by atoms with E-state index in [1.165, 1.54) is 37.8 Å². The summed E-state index contributed by atoms with van der Waals surface area (Å²) >= 11 is 0.